The molecular weight excluding hydrogens is 320 g/mol. The molecule has 5 nitrogen and oxygen atoms in total. The van der Waals surface area contributed by atoms with Crippen LogP contribution in [0.1, 0.15) is 30.5 Å². The van der Waals surface area contributed by atoms with Gasteiger partial charge in [-0.05, 0) is 45.0 Å². The SMILES string of the molecule is Cc1csc(NN=Cc2ccccc2OCCN2CCCCC2)n1. The molecule has 2 heterocycles. The molecule has 1 aliphatic rings. The zero-order valence-corrected chi connectivity index (χ0v) is 14.9. The summed E-state index contributed by atoms with van der Waals surface area (Å²) in [7, 11) is 0. The van der Waals surface area contributed by atoms with Gasteiger partial charge in [0.2, 0.25) is 5.13 Å². The van der Waals surface area contributed by atoms with Crippen molar-refractivity contribution in [1.29, 1.82) is 0 Å². The quantitative estimate of drug-likeness (QED) is 0.614. The predicted octanol–water partition coefficient (Wildman–Crippen LogP) is 3.76. The van der Waals surface area contributed by atoms with Gasteiger partial charge in [-0.15, -0.1) is 11.3 Å². The van der Waals surface area contributed by atoms with Crippen LogP contribution in [-0.4, -0.2) is 42.3 Å². The van der Waals surface area contributed by atoms with E-state index < -0.39 is 0 Å². The molecule has 0 unspecified atom stereocenters. The smallest absolute Gasteiger partial charge is 0.203 e. The molecule has 3 rings (SSSR count). The van der Waals surface area contributed by atoms with Crippen molar-refractivity contribution in [3.8, 4) is 5.75 Å². The lowest BCUT2D eigenvalue weighted by molar-refractivity contribution is 0.183. The first kappa shape index (κ1) is 16.9. The number of aromatic nitrogens is 1. The molecular formula is C18H24N4OS. The number of para-hydroxylation sites is 1. The van der Waals surface area contributed by atoms with Crippen LogP contribution in [0.5, 0.6) is 5.75 Å². The molecule has 6 heteroatoms. The topological polar surface area (TPSA) is 49.8 Å². The number of benzene rings is 1. The number of anilines is 1. The van der Waals surface area contributed by atoms with E-state index in [0.29, 0.717) is 6.61 Å². The normalized spacial score (nSPS) is 15.7. The Kier molecular flexibility index (Phi) is 6.20. The van der Waals surface area contributed by atoms with E-state index >= 15 is 0 Å². The molecule has 1 N–H and O–H groups in total. The Morgan fingerprint density at radius 3 is 2.92 bits per heavy atom. The van der Waals surface area contributed by atoms with Gasteiger partial charge >= 0.3 is 0 Å². The first-order valence-electron chi connectivity index (χ1n) is 8.47. The van der Waals surface area contributed by atoms with Crippen LogP contribution < -0.4 is 10.2 Å². The van der Waals surface area contributed by atoms with Crippen LogP contribution in [0.3, 0.4) is 0 Å². The molecule has 1 aromatic carbocycles. The van der Waals surface area contributed by atoms with E-state index in [-0.39, 0.29) is 0 Å². The molecule has 1 aliphatic heterocycles. The summed E-state index contributed by atoms with van der Waals surface area (Å²) in [6, 6.07) is 7.98. The van der Waals surface area contributed by atoms with E-state index in [9.17, 15) is 0 Å². The third kappa shape index (κ3) is 5.04. The fourth-order valence-electron chi connectivity index (χ4n) is 2.75. The number of likely N-dealkylation sites (tertiary alicyclic amines) is 1. The van der Waals surface area contributed by atoms with Gasteiger partial charge in [-0.2, -0.15) is 5.10 Å². The van der Waals surface area contributed by atoms with Gasteiger partial charge in [0.1, 0.15) is 12.4 Å². The molecule has 128 valence electrons. The van der Waals surface area contributed by atoms with Gasteiger partial charge in [0.05, 0.1) is 11.9 Å². The molecule has 0 aliphatic carbocycles. The van der Waals surface area contributed by atoms with Crippen LogP contribution in [0, 0.1) is 6.92 Å². The number of ether oxygens (including phenoxy) is 1. The summed E-state index contributed by atoms with van der Waals surface area (Å²) in [6.07, 6.45) is 5.77. The standard InChI is InChI=1S/C18H24N4OS/c1-15-14-24-18(20-15)21-19-13-16-7-3-4-8-17(16)23-12-11-22-9-5-2-6-10-22/h3-4,7-8,13-14H,2,5-6,9-12H2,1H3,(H,20,21). The summed E-state index contributed by atoms with van der Waals surface area (Å²) >= 11 is 1.55. The number of hydrogen-bond acceptors (Lipinski definition) is 6. The van der Waals surface area contributed by atoms with Crippen LogP contribution in [-0.2, 0) is 0 Å². The van der Waals surface area contributed by atoms with E-state index in [2.05, 4.69) is 20.4 Å². The highest BCUT2D eigenvalue weighted by atomic mass is 32.1. The minimum atomic E-state index is 0.712. The van der Waals surface area contributed by atoms with Gasteiger partial charge in [0, 0.05) is 17.5 Å². The molecule has 0 bridgehead atoms. The van der Waals surface area contributed by atoms with E-state index in [1.54, 1.807) is 17.6 Å². The van der Waals surface area contributed by atoms with Gasteiger partial charge in [-0.3, -0.25) is 10.3 Å². The molecule has 1 fully saturated rings. The van der Waals surface area contributed by atoms with Gasteiger partial charge in [0.25, 0.3) is 0 Å². The zero-order chi connectivity index (χ0) is 16.6. The van der Waals surface area contributed by atoms with Crippen molar-refractivity contribution in [1.82, 2.24) is 9.88 Å². The van der Waals surface area contributed by atoms with E-state index in [1.807, 2.05) is 36.6 Å². The molecule has 1 saturated heterocycles. The second-order valence-electron chi connectivity index (χ2n) is 5.95. The number of nitrogens with one attached hydrogen (secondary N) is 1. The van der Waals surface area contributed by atoms with Gasteiger partial charge in [-0.1, -0.05) is 18.6 Å². The summed E-state index contributed by atoms with van der Waals surface area (Å²) in [4.78, 5) is 6.80. The second-order valence-corrected chi connectivity index (χ2v) is 6.81. The Balaban J connectivity index is 1.52. The first-order valence-corrected chi connectivity index (χ1v) is 9.34. The van der Waals surface area contributed by atoms with E-state index in [4.69, 9.17) is 4.74 Å². The van der Waals surface area contributed by atoms with Crippen LogP contribution in [0.2, 0.25) is 0 Å². The van der Waals surface area contributed by atoms with Crippen molar-refractivity contribution in [2.75, 3.05) is 31.7 Å². The fraction of sp³-hybridized carbons (Fsp3) is 0.444. The number of piperidine rings is 1. The number of hydrogen-bond donors (Lipinski definition) is 1. The minimum absolute atomic E-state index is 0.712. The molecule has 0 saturated carbocycles. The van der Waals surface area contributed by atoms with Crippen LogP contribution >= 0.6 is 11.3 Å². The van der Waals surface area contributed by atoms with Crippen molar-refractivity contribution < 1.29 is 4.74 Å². The molecule has 0 radical (unpaired) electrons. The first-order chi connectivity index (χ1) is 11.8. The van der Waals surface area contributed by atoms with Crippen LogP contribution in [0.25, 0.3) is 0 Å². The largest absolute Gasteiger partial charge is 0.492 e. The Hall–Kier alpha value is -1.92. The van der Waals surface area contributed by atoms with Crippen molar-refractivity contribution >= 4 is 22.7 Å². The van der Waals surface area contributed by atoms with Crippen molar-refractivity contribution in [3.63, 3.8) is 0 Å². The maximum absolute atomic E-state index is 5.97. The van der Waals surface area contributed by atoms with Gasteiger partial charge in [-0.25, -0.2) is 4.98 Å². The zero-order valence-electron chi connectivity index (χ0n) is 14.1. The van der Waals surface area contributed by atoms with E-state index in [0.717, 1.165) is 28.7 Å². The van der Waals surface area contributed by atoms with E-state index in [1.165, 1.54) is 32.4 Å². The van der Waals surface area contributed by atoms with Crippen molar-refractivity contribution in [2.24, 2.45) is 5.10 Å². The summed E-state index contributed by atoms with van der Waals surface area (Å²) in [5.74, 6) is 0.871. The summed E-state index contributed by atoms with van der Waals surface area (Å²) in [5, 5.41) is 7.06. The number of thiazole rings is 1. The fourth-order valence-corrected chi connectivity index (χ4v) is 3.39. The van der Waals surface area contributed by atoms with Crippen LogP contribution in [0.15, 0.2) is 34.7 Å². The Morgan fingerprint density at radius 2 is 2.12 bits per heavy atom. The Morgan fingerprint density at radius 1 is 1.29 bits per heavy atom. The predicted molar refractivity (Wildman–Crippen MR) is 100 cm³/mol. The highest BCUT2D eigenvalue weighted by molar-refractivity contribution is 7.13. The lowest BCUT2D eigenvalue weighted by Gasteiger charge is -2.26. The lowest BCUT2D eigenvalue weighted by atomic mass is 10.1. The molecule has 1 aromatic heterocycles. The average Bonchev–Trinajstić information content (AvgIpc) is 3.02. The summed E-state index contributed by atoms with van der Waals surface area (Å²) in [5.41, 5.74) is 4.93. The monoisotopic (exact) mass is 344 g/mol. The average molecular weight is 344 g/mol. The van der Waals surface area contributed by atoms with Crippen LogP contribution in [0.4, 0.5) is 5.13 Å². The van der Waals surface area contributed by atoms with Crippen molar-refractivity contribution in [2.45, 2.75) is 26.2 Å². The Bertz CT molecular complexity index is 665. The molecule has 2 aromatic rings. The highest BCUT2D eigenvalue weighted by Crippen LogP contribution is 2.17. The Labute approximate surface area is 147 Å². The summed E-state index contributed by atoms with van der Waals surface area (Å²) < 4.78 is 5.97. The summed E-state index contributed by atoms with van der Waals surface area (Å²) in [6.45, 7) is 6.07. The van der Waals surface area contributed by atoms with Gasteiger partial charge < -0.3 is 4.74 Å². The maximum atomic E-state index is 5.97. The number of nitrogens with zero attached hydrogens (tertiary/aromatic N) is 3. The van der Waals surface area contributed by atoms with Crippen molar-refractivity contribution in [3.05, 3.63) is 40.9 Å². The molecule has 0 atom stereocenters. The maximum Gasteiger partial charge on any atom is 0.203 e. The lowest BCUT2D eigenvalue weighted by Crippen LogP contribution is -2.33. The third-order valence-electron chi connectivity index (χ3n) is 4.02. The molecule has 0 amide bonds. The second kappa shape index (κ2) is 8.80. The minimum Gasteiger partial charge on any atom is -0.492 e. The number of aryl methyl sites for hydroxylation is 1. The number of rotatable bonds is 7. The van der Waals surface area contributed by atoms with Gasteiger partial charge in [0.15, 0.2) is 0 Å². The molecule has 0 spiro atoms. The highest BCUT2D eigenvalue weighted by Gasteiger charge is 2.10. The third-order valence-corrected chi connectivity index (χ3v) is 4.88. The molecule has 24 heavy (non-hydrogen) atoms. The number of hydrazone groups is 1.